The number of para-hydroxylation sites is 1. The normalized spacial score (nSPS) is 14.4. The summed E-state index contributed by atoms with van der Waals surface area (Å²) in [5.74, 6) is -0.105. The van der Waals surface area contributed by atoms with Gasteiger partial charge in [0.2, 0.25) is 11.8 Å². The van der Waals surface area contributed by atoms with E-state index in [1.165, 1.54) is 0 Å². The third kappa shape index (κ3) is 5.94. The zero-order valence-electron chi connectivity index (χ0n) is 16.6. The van der Waals surface area contributed by atoms with Crippen LogP contribution in [-0.4, -0.2) is 41.8 Å². The molecule has 1 N–H and O–H groups in total. The van der Waals surface area contributed by atoms with E-state index in [2.05, 4.69) is 5.32 Å². The Balaban J connectivity index is 1.42. The molecule has 1 fully saturated rings. The molecule has 0 radical (unpaired) electrons. The maximum absolute atomic E-state index is 12.5. The van der Waals surface area contributed by atoms with Crippen LogP contribution in [0.25, 0.3) is 0 Å². The number of Topliss-reactive ketones (excluding diaryl/α,β-unsaturated/α-hetero) is 1. The van der Waals surface area contributed by atoms with E-state index in [4.69, 9.17) is 0 Å². The Labute approximate surface area is 175 Å². The number of amides is 2. The average molecular weight is 411 g/mol. The van der Waals surface area contributed by atoms with Crippen molar-refractivity contribution in [3.8, 4) is 0 Å². The highest BCUT2D eigenvalue weighted by Gasteiger charge is 2.27. The first kappa shape index (κ1) is 21.1. The Kier molecular flexibility index (Phi) is 7.47. The molecule has 0 saturated carbocycles. The van der Waals surface area contributed by atoms with Crippen LogP contribution in [0.5, 0.6) is 0 Å². The molecular weight excluding hydrogens is 384 g/mol. The van der Waals surface area contributed by atoms with Gasteiger partial charge in [-0.3, -0.25) is 14.4 Å². The number of carbonyl (C=O) groups excluding carboxylic acids is 3. The maximum atomic E-state index is 12.5. The minimum atomic E-state index is -0.0872. The van der Waals surface area contributed by atoms with Gasteiger partial charge in [0.1, 0.15) is 0 Å². The number of likely N-dealkylation sites (tertiary alicyclic amines) is 1. The molecule has 5 nitrogen and oxygen atoms in total. The summed E-state index contributed by atoms with van der Waals surface area (Å²) >= 11 is 1.63. The third-order valence-electron chi connectivity index (χ3n) is 5.24. The SMILES string of the molecule is CSc1ccc(C(=O)CCC(=O)N2CCC(C(=O)Nc3ccccc3)CC2)cc1. The van der Waals surface area contributed by atoms with Crippen LogP contribution in [0.1, 0.15) is 36.0 Å². The van der Waals surface area contributed by atoms with Gasteiger partial charge < -0.3 is 10.2 Å². The van der Waals surface area contributed by atoms with Crippen molar-refractivity contribution in [2.24, 2.45) is 5.92 Å². The van der Waals surface area contributed by atoms with Crippen LogP contribution in [0.3, 0.4) is 0 Å². The molecule has 29 heavy (non-hydrogen) atoms. The zero-order valence-corrected chi connectivity index (χ0v) is 17.4. The summed E-state index contributed by atoms with van der Waals surface area (Å²) in [5.41, 5.74) is 1.44. The van der Waals surface area contributed by atoms with Crippen LogP contribution < -0.4 is 5.32 Å². The van der Waals surface area contributed by atoms with E-state index in [1.54, 1.807) is 16.7 Å². The fourth-order valence-electron chi connectivity index (χ4n) is 3.46. The third-order valence-corrected chi connectivity index (χ3v) is 5.98. The molecule has 0 aliphatic carbocycles. The van der Waals surface area contributed by atoms with Gasteiger partial charge in [-0.1, -0.05) is 30.3 Å². The van der Waals surface area contributed by atoms with Crippen LogP contribution in [0.15, 0.2) is 59.5 Å². The number of anilines is 1. The highest BCUT2D eigenvalue weighted by molar-refractivity contribution is 7.98. The highest BCUT2D eigenvalue weighted by Crippen LogP contribution is 2.21. The molecule has 6 heteroatoms. The Morgan fingerprint density at radius 2 is 1.62 bits per heavy atom. The Hall–Kier alpha value is -2.60. The highest BCUT2D eigenvalue weighted by atomic mass is 32.2. The van der Waals surface area contributed by atoms with Crippen LogP contribution in [0, 0.1) is 5.92 Å². The van der Waals surface area contributed by atoms with Gasteiger partial charge in [-0.2, -0.15) is 0 Å². The number of ketones is 1. The van der Waals surface area contributed by atoms with E-state index < -0.39 is 0 Å². The van der Waals surface area contributed by atoms with Crippen molar-refractivity contribution in [2.75, 3.05) is 24.7 Å². The van der Waals surface area contributed by atoms with E-state index in [0.29, 0.717) is 31.5 Å². The first-order valence-electron chi connectivity index (χ1n) is 9.88. The standard InChI is InChI=1S/C23H26N2O3S/c1-29-20-9-7-17(8-10-20)21(26)11-12-22(27)25-15-13-18(14-16-25)23(28)24-19-5-3-2-4-6-19/h2-10,18H,11-16H2,1H3,(H,24,28). The van der Waals surface area contributed by atoms with Crippen molar-refractivity contribution >= 4 is 35.0 Å². The largest absolute Gasteiger partial charge is 0.343 e. The second-order valence-corrected chi connectivity index (χ2v) is 8.04. The molecule has 1 heterocycles. The van der Waals surface area contributed by atoms with Crippen molar-refractivity contribution in [1.29, 1.82) is 0 Å². The van der Waals surface area contributed by atoms with Crippen molar-refractivity contribution in [3.05, 3.63) is 60.2 Å². The second-order valence-electron chi connectivity index (χ2n) is 7.16. The first-order valence-corrected chi connectivity index (χ1v) is 11.1. The molecule has 0 aromatic heterocycles. The Bertz CT molecular complexity index is 844. The summed E-state index contributed by atoms with van der Waals surface area (Å²) in [6.07, 6.45) is 3.71. The molecule has 0 spiro atoms. The molecule has 0 bridgehead atoms. The summed E-state index contributed by atoms with van der Waals surface area (Å²) in [7, 11) is 0. The number of carbonyl (C=O) groups is 3. The fourth-order valence-corrected chi connectivity index (χ4v) is 3.86. The predicted molar refractivity (Wildman–Crippen MR) is 116 cm³/mol. The second kappa shape index (κ2) is 10.3. The van der Waals surface area contributed by atoms with E-state index in [1.807, 2.05) is 60.9 Å². The number of hydrogen-bond donors (Lipinski definition) is 1. The average Bonchev–Trinajstić information content (AvgIpc) is 2.78. The van der Waals surface area contributed by atoms with Gasteiger partial charge in [0.15, 0.2) is 5.78 Å². The molecule has 0 unspecified atom stereocenters. The molecule has 1 aliphatic rings. The number of thioether (sulfide) groups is 1. The minimum Gasteiger partial charge on any atom is -0.343 e. The molecule has 0 atom stereocenters. The zero-order chi connectivity index (χ0) is 20.6. The van der Waals surface area contributed by atoms with Crippen molar-refractivity contribution in [1.82, 2.24) is 4.90 Å². The van der Waals surface area contributed by atoms with E-state index >= 15 is 0 Å². The maximum Gasteiger partial charge on any atom is 0.227 e. The summed E-state index contributed by atoms with van der Waals surface area (Å²) in [6, 6.07) is 16.9. The van der Waals surface area contributed by atoms with Crippen LogP contribution in [0.4, 0.5) is 5.69 Å². The van der Waals surface area contributed by atoms with Crippen molar-refractivity contribution in [3.63, 3.8) is 0 Å². The van der Waals surface area contributed by atoms with Crippen LogP contribution in [0.2, 0.25) is 0 Å². The molecule has 2 aromatic carbocycles. The molecule has 1 aliphatic heterocycles. The molecule has 2 aromatic rings. The lowest BCUT2D eigenvalue weighted by Crippen LogP contribution is -2.41. The van der Waals surface area contributed by atoms with Gasteiger partial charge in [0, 0.05) is 48.0 Å². The van der Waals surface area contributed by atoms with E-state index in [-0.39, 0.29) is 36.4 Å². The Morgan fingerprint density at radius 3 is 2.24 bits per heavy atom. The molecule has 1 saturated heterocycles. The van der Waals surface area contributed by atoms with Gasteiger partial charge in [0.05, 0.1) is 0 Å². The van der Waals surface area contributed by atoms with E-state index in [0.717, 1.165) is 10.6 Å². The van der Waals surface area contributed by atoms with Crippen molar-refractivity contribution < 1.29 is 14.4 Å². The molecule has 3 rings (SSSR count). The van der Waals surface area contributed by atoms with E-state index in [9.17, 15) is 14.4 Å². The van der Waals surface area contributed by atoms with Gasteiger partial charge in [-0.05, 0) is 43.4 Å². The lowest BCUT2D eigenvalue weighted by atomic mass is 9.95. The molecule has 2 amide bonds. The number of benzene rings is 2. The predicted octanol–water partition coefficient (Wildman–Crippen LogP) is 4.25. The summed E-state index contributed by atoms with van der Waals surface area (Å²) in [6.45, 7) is 1.12. The first-order chi connectivity index (χ1) is 14.1. The topological polar surface area (TPSA) is 66.5 Å². The number of nitrogens with zero attached hydrogens (tertiary/aromatic N) is 1. The minimum absolute atomic E-state index is 0.00664. The van der Waals surface area contributed by atoms with Gasteiger partial charge in [0.25, 0.3) is 0 Å². The van der Waals surface area contributed by atoms with Crippen LogP contribution >= 0.6 is 11.8 Å². The Morgan fingerprint density at radius 1 is 0.966 bits per heavy atom. The summed E-state index contributed by atoms with van der Waals surface area (Å²) in [4.78, 5) is 40.1. The lowest BCUT2D eigenvalue weighted by molar-refractivity contribution is -0.134. The molecule has 152 valence electrons. The smallest absolute Gasteiger partial charge is 0.227 e. The lowest BCUT2D eigenvalue weighted by Gasteiger charge is -2.31. The van der Waals surface area contributed by atoms with Gasteiger partial charge in [-0.15, -0.1) is 11.8 Å². The number of piperidine rings is 1. The van der Waals surface area contributed by atoms with Gasteiger partial charge in [-0.25, -0.2) is 0 Å². The molecular formula is C23H26N2O3S. The summed E-state index contributed by atoms with van der Waals surface area (Å²) in [5, 5.41) is 2.93. The van der Waals surface area contributed by atoms with Crippen LogP contribution in [-0.2, 0) is 9.59 Å². The number of nitrogens with one attached hydrogen (secondary N) is 1. The fraction of sp³-hybridized carbons (Fsp3) is 0.348. The number of rotatable bonds is 7. The number of hydrogen-bond acceptors (Lipinski definition) is 4. The summed E-state index contributed by atoms with van der Waals surface area (Å²) < 4.78 is 0. The van der Waals surface area contributed by atoms with Crippen molar-refractivity contribution in [2.45, 2.75) is 30.6 Å². The monoisotopic (exact) mass is 410 g/mol. The van der Waals surface area contributed by atoms with Gasteiger partial charge >= 0.3 is 0 Å². The quantitative estimate of drug-likeness (QED) is 0.547.